The Bertz CT molecular complexity index is 880. The van der Waals surface area contributed by atoms with Crippen LogP contribution in [-0.2, 0) is 10.4 Å². The van der Waals surface area contributed by atoms with E-state index in [0.29, 0.717) is 12.5 Å². The average molecular weight is 436 g/mol. The van der Waals surface area contributed by atoms with Crippen molar-refractivity contribution in [3.05, 3.63) is 71.8 Å². The Balaban J connectivity index is 0.000000575. The zero-order valence-corrected chi connectivity index (χ0v) is 17.8. The number of piperidine rings is 1. The van der Waals surface area contributed by atoms with Crippen molar-refractivity contribution in [2.45, 2.75) is 50.3 Å². The van der Waals surface area contributed by atoms with Crippen LogP contribution in [0.4, 0.5) is 0 Å². The number of likely N-dealkylation sites (tertiary alicyclic amines) is 1. The van der Waals surface area contributed by atoms with Gasteiger partial charge in [0.2, 0.25) is 0 Å². The van der Waals surface area contributed by atoms with Crippen LogP contribution < -0.4 is 0 Å². The van der Waals surface area contributed by atoms with Crippen LogP contribution in [0.1, 0.15) is 54.1 Å². The van der Waals surface area contributed by atoms with Gasteiger partial charge in [0.25, 0.3) is 0 Å². The first-order chi connectivity index (χ1) is 14.1. The number of ketones is 1. The summed E-state index contributed by atoms with van der Waals surface area (Å²) in [5, 5.41) is 10.5. The van der Waals surface area contributed by atoms with Gasteiger partial charge in [-0.2, -0.15) is 8.42 Å². The van der Waals surface area contributed by atoms with Crippen LogP contribution in [0.15, 0.2) is 60.7 Å². The molecule has 1 saturated heterocycles. The zero-order valence-electron chi connectivity index (χ0n) is 17.0. The molecule has 0 saturated carbocycles. The number of aliphatic hydroxyl groups excluding tert-OH is 1. The van der Waals surface area contributed by atoms with Crippen molar-refractivity contribution in [2.75, 3.05) is 7.05 Å². The Morgan fingerprint density at radius 3 is 2.07 bits per heavy atom. The van der Waals surface area contributed by atoms with E-state index in [2.05, 4.69) is 11.9 Å². The van der Waals surface area contributed by atoms with E-state index in [9.17, 15) is 9.90 Å². The number of carbonyl (C=O) groups excluding carboxylic acids is 1. The van der Waals surface area contributed by atoms with Crippen LogP contribution in [-0.4, -0.2) is 52.4 Å². The molecule has 3 rings (SSSR count). The van der Waals surface area contributed by atoms with E-state index >= 15 is 0 Å². The molecule has 0 amide bonds. The fourth-order valence-corrected chi connectivity index (χ4v) is 3.85. The molecule has 3 atom stereocenters. The molecule has 0 aromatic heterocycles. The molecule has 30 heavy (non-hydrogen) atoms. The third-order valence-corrected chi connectivity index (χ3v) is 5.42. The van der Waals surface area contributed by atoms with E-state index in [-0.39, 0.29) is 11.8 Å². The maximum Gasteiger partial charge on any atom is 0.394 e. The molecule has 0 aliphatic carbocycles. The highest BCUT2D eigenvalue weighted by Gasteiger charge is 2.30. The van der Waals surface area contributed by atoms with Crippen LogP contribution >= 0.6 is 0 Å². The highest BCUT2D eigenvalue weighted by Crippen LogP contribution is 2.30. The molecule has 0 unspecified atom stereocenters. The van der Waals surface area contributed by atoms with Gasteiger partial charge in [-0.1, -0.05) is 67.1 Å². The van der Waals surface area contributed by atoms with Gasteiger partial charge in [-0.3, -0.25) is 18.8 Å². The normalized spacial score (nSPS) is 20.7. The Hall–Kier alpha value is -2.10. The first-order valence-corrected chi connectivity index (χ1v) is 11.3. The van der Waals surface area contributed by atoms with Crippen LogP contribution in [0.25, 0.3) is 0 Å². The van der Waals surface area contributed by atoms with Crippen molar-refractivity contribution in [1.29, 1.82) is 0 Å². The molecule has 7 nitrogen and oxygen atoms in total. The van der Waals surface area contributed by atoms with Crippen molar-refractivity contribution in [3.8, 4) is 0 Å². The number of benzene rings is 2. The van der Waals surface area contributed by atoms with Gasteiger partial charge < -0.3 is 5.11 Å². The molecule has 1 aliphatic rings. The number of nitrogens with zero attached hydrogens (tertiary/aromatic N) is 1. The highest BCUT2D eigenvalue weighted by molar-refractivity contribution is 7.79. The summed E-state index contributed by atoms with van der Waals surface area (Å²) in [4.78, 5) is 14.8. The molecule has 1 aliphatic heterocycles. The summed E-state index contributed by atoms with van der Waals surface area (Å²) < 4.78 is 31.6. The largest absolute Gasteiger partial charge is 0.394 e. The second-order valence-corrected chi connectivity index (χ2v) is 8.40. The number of aliphatic hydroxyl groups is 1. The van der Waals surface area contributed by atoms with Crippen molar-refractivity contribution in [2.24, 2.45) is 0 Å². The smallest absolute Gasteiger partial charge is 0.388 e. The fourth-order valence-electron chi connectivity index (χ4n) is 3.85. The van der Waals surface area contributed by atoms with Crippen molar-refractivity contribution in [1.82, 2.24) is 4.90 Å². The molecule has 1 fully saturated rings. The average Bonchev–Trinajstić information content (AvgIpc) is 2.71. The second-order valence-electron chi connectivity index (χ2n) is 7.51. The minimum absolute atomic E-state index is 0.210. The Morgan fingerprint density at radius 2 is 1.50 bits per heavy atom. The summed E-state index contributed by atoms with van der Waals surface area (Å²) in [6, 6.07) is 20.0. The first-order valence-electron chi connectivity index (χ1n) is 9.88. The van der Waals surface area contributed by atoms with Crippen LogP contribution in [0.2, 0.25) is 0 Å². The predicted molar refractivity (Wildman–Crippen MR) is 115 cm³/mol. The van der Waals surface area contributed by atoms with Gasteiger partial charge in [0, 0.05) is 24.1 Å². The Labute approximate surface area is 177 Å². The van der Waals surface area contributed by atoms with E-state index in [4.69, 9.17) is 17.5 Å². The molecular formula is C22H29NO6S. The van der Waals surface area contributed by atoms with Crippen LogP contribution in [0, 0.1) is 0 Å². The number of hydrogen-bond acceptors (Lipinski definition) is 5. The first kappa shape index (κ1) is 24.2. The molecule has 0 radical (unpaired) electrons. The zero-order chi connectivity index (χ0) is 22.1. The predicted octanol–water partition coefficient (Wildman–Crippen LogP) is 3.58. The maximum absolute atomic E-state index is 12.5. The quantitative estimate of drug-likeness (QED) is 0.469. The molecule has 3 N–H and O–H groups in total. The van der Waals surface area contributed by atoms with Crippen LogP contribution in [0.5, 0.6) is 0 Å². The summed E-state index contributed by atoms with van der Waals surface area (Å²) in [7, 11) is -2.56. The molecule has 8 heteroatoms. The van der Waals surface area contributed by atoms with Crippen molar-refractivity contribution >= 4 is 16.2 Å². The summed E-state index contributed by atoms with van der Waals surface area (Å²) in [6.45, 7) is 0. The van der Waals surface area contributed by atoms with Gasteiger partial charge in [-0.05, 0) is 31.9 Å². The summed E-state index contributed by atoms with van der Waals surface area (Å²) >= 11 is 0. The highest BCUT2D eigenvalue weighted by atomic mass is 32.3. The lowest BCUT2D eigenvalue weighted by molar-refractivity contribution is 0.0549. The van der Waals surface area contributed by atoms with Gasteiger partial charge in [0.1, 0.15) is 0 Å². The van der Waals surface area contributed by atoms with E-state index in [1.165, 1.54) is 0 Å². The summed E-state index contributed by atoms with van der Waals surface area (Å²) in [6.07, 6.45) is 4.07. The lowest BCUT2D eigenvalue weighted by Gasteiger charge is -2.40. The summed E-state index contributed by atoms with van der Waals surface area (Å²) in [5.74, 6) is 0.210. The van der Waals surface area contributed by atoms with Crippen molar-refractivity contribution < 1.29 is 27.4 Å². The van der Waals surface area contributed by atoms with E-state index in [0.717, 1.165) is 36.8 Å². The number of rotatable bonds is 6. The van der Waals surface area contributed by atoms with Gasteiger partial charge in [0.05, 0.1) is 6.10 Å². The molecule has 2 aromatic carbocycles. The van der Waals surface area contributed by atoms with Crippen molar-refractivity contribution in [3.63, 3.8) is 0 Å². The lowest BCUT2D eigenvalue weighted by atomic mass is 9.88. The monoisotopic (exact) mass is 435 g/mol. The standard InChI is InChI=1S/C22H27NO2.H2O4S/c1-23-19(15-21(24)17-9-4-2-5-10-17)13-8-14-20(23)16-22(25)18-11-6-3-7-12-18;1-5(2,3)4/h2-7,9-12,19-21,24H,8,13-16H2,1H3;(H2,1,2,3,4)/t19-,20+,21-;/m0./s1. The van der Waals surface area contributed by atoms with Gasteiger partial charge in [-0.15, -0.1) is 0 Å². The second kappa shape index (κ2) is 11.3. The Morgan fingerprint density at radius 1 is 1.00 bits per heavy atom. The molecule has 0 bridgehead atoms. The Kier molecular flexibility index (Phi) is 9.13. The summed E-state index contributed by atoms with van der Waals surface area (Å²) in [5.41, 5.74) is 1.76. The van der Waals surface area contributed by atoms with E-state index in [1.807, 2.05) is 60.7 Å². The molecule has 164 valence electrons. The SMILES string of the molecule is CN1[C@@H](CC(=O)c2ccccc2)CCC[C@H]1C[C@H](O)c1ccccc1.O=S(=O)(O)O. The maximum atomic E-state index is 12.5. The van der Waals surface area contributed by atoms with E-state index in [1.54, 1.807) is 0 Å². The molecular weight excluding hydrogens is 406 g/mol. The van der Waals surface area contributed by atoms with Gasteiger partial charge >= 0.3 is 10.4 Å². The van der Waals surface area contributed by atoms with E-state index < -0.39 is 16.5 Å². The number of hydrogen-bond donors (Lipinski definition) is 3. The topological polar surface area (TPSA) is 115 Å². The number of Topliss-reactive ketones (excluding diaryl/α,β-unsaturated/α-hetero) is 1. The number of carbonyl (C=O) groups is 1. The van der Waals surface area contributed by atoms with Crippen LogP contribution in [0.3, 0.4) is 0 Å². The molecule has 1 heterocycles. The van der Waals surface area contributed by atoms with Gasteiger partial charge in [-0.25, -0.2) is 0 Å². The lowest BCUT2D eigenvalue weighted by Crippen LogP contribution is -2.45. The fraction of sp³-hybridized carbons (Fsp3) is 0.409. The third kappa shape index (κ3) is 8.33. The third-order valence-electron chi connectivity index (χ3n) is 5.42. The van der Waals surface area contributed by atoms with Gasteiger partial charge in [0.15, 0.2) is 5.78 Å². The molecule has 0 spiro atoms. The molecule has 2 aromatic rings. The minimum Gasteiger partial charge on any atom is -0.388 e. The minimum atomic E-state index is -4.67.